The minimum Gasteiger partial charge on any atom is -0.490 e. The zero-order chi connectivity index (χ0) is 13.0. The van der Waals surface area contributed by atoms with E-state index in [-0.39, 0.29) is 6.61 Å². The molecule has 1 fully saturated rings. The molecule has 0 aliphatic carbocycles. The molecule has 1 unspecified atom stereocenters. The lowest BCUT2D eigenvalue weighted by Gasteiger charge is -2.28. The highest BCUT2D eigenvalue weighted by atomic mass is 79.9. The van der Waals surface area contributed by atoms with Gasteiger partial charge in [0.25, 0.3) is 0 Å². The molecule has 1 aromatic carbocycles. The van der Waals surface area contributed by atoms with Gasteiger partial charge in [-0.3, -0.25) is 0 Å². The van der Waals surface area contributed by atoms with Crippen molar-refractivity contribution >= 4 is 15.9 Å². The van der Waals surface area contributed by atoms with Gasteiger partial charge in [-0.1, -0.05) is 6.07 Å². The minimum absolute atomic E-state index is 0.280. The van der Waals surface area contributed by atoms with E-state index in [1.807, 2.05) is 25.1 Å². The van der Waals surface area contributed by atoms with Crippen LogP contribution in [-0.2, 0) is 4.74 Å². The monoisotopic (exact) mass is 315 g/mol. The average molecular weight is 316 g/mol. The summed E-state index contributed by atoms with van der Waals surface area (Å²) in [7, 11) is 0. The first kappa shape index (κ1) is 13.8. The Balaban J connectivity index is 1.72. The van der Waals surface area contributed by atoms with Crippen molar-refractivity contribution in [3.8, 4) is 5.75 Å². The molecule has 1 atom stereocenters. The number of aliphatic hydroxyl groups is 1. The third-order valence-corrected chi connectivity index (χ3v) is 3.42. The Hall–Kier alpha value is -0.620. The Morgan fingerprint density at radius 1 is 1.56 bits per heavy atom. The molecule has 1 aliphatic heterocycles. The summed E-state index contributed by atoms with van der Waals surface area (Å²) in [5.41, 5.74) is 1.17. The third kappa shape index (κ3) is 3.95. The number of rotatable bonds is 6. The lowest BCUT2D eigenvalue weighted by Crippen LogP contribution is -2.49. The molecule has 18 heavy (non-hydrogen) atoms. The Kier molecular flexibility index (Phi) is 5.00. The third-order valence-electron chi connectivity index (χ3n) is 2.80. The fourth-order valence-corrected chi connectivity index (χ4v) is 2.23. The number of nitrogens with one attached hydrogen (secondary N) is 1. The van der Waals surface area contributed by atoms with Gasteiger partial charge in [-0.05, 0) is 40.5 Å². The fraction of sp³-hybridized carbons (Fsp3) is 0.538. The van der Waals surface area contributed by atoms with E-state index >= 15 is 0 Å². The fourth-order valence-electron chi connectivity index (χ4n) is 1.62. The van der Waals surface area contributed by atoms with Gasteiger partial charge >= 0.3 is 0 Å². The van der Waals surface area contributed by atoms with E-state index in [4.69, 9.17) is 9.47 Å². The first-order valence-electron chi connectivity index (χ1n) is 6.03. The molecular formula is C13H18BrNO3. The molecular weight excluding hydrogens is 298 g/mol. The van der Waals surface area contributed by atoms with Gasteiger partial charge < -0.3 is 19.9 Å². The number of hydrogen-bond donors (Lipinski definition) is 2. The van der Waals surface area contributed by atoms with Crippen LogP contribution < -0.4 is 10.1 Å². The Morgan fingerprint density at radius 3 is 2.94 bits per heavy atom. The Labute approximate surface area is 115 Å². The van der Waals surface area contributed by atoms with E-state index < -0.39 is 6.10 Å². The molecule has 0 saturated carbocycles. The smallest absolute Gasteiger partial charge is 0.133 e. The second-order valence-corrected chi connectivity index (χ2v) is 5.40. The quantitative estimate of drug-likeness (QED) is 0.835. The summed E-state index contributed by atoms with van der Waals surface area (Å²) in [4.78, 5) is 0. The summed E-state index contributed by atoms with van der Waals surface area (Å²) >= 11 is 3.44. The molecule has 2 N–H and O–H groups in total. The van der Waals surface area contributed by atoms with Crippen molar-refractivity contribution in [1.82, 2.24) is 5.32 Å². The van der Waals surface area contributed by atoms with E-state index in [9.17, 15) is 5.11 Å². The van der Waals surface area contributed by atoms with Gasteiger partial charge in [0.05, 0.1) is 23.7 Å². The summed E-state index contributed by atoms with van der Waals surface area (Å²) in [6, 6.07) is 6.26. The molecule has 1 aromatic rings. The van der Waals surface area contributed by atoms with Crippen LogP contribution in [0.1, 0.15) is 5.56 Å². The van der Waals surface area contributed by atoms with Crippen molar-refractivity contribution in [2.24, 2.45) is 0 Å². The van der Waals surface area contributed by atoms with E-state index in [2.05, 4.69) is 21.2 Å². The second-order valence-electron chi connectivity index (χ2n) is 4.54. The second kappa shape index (κ2) is 6.52. The van der Waals surface area contributed by atoms with Crippen LogP contribution in [0, 0.1) is 6.92 Å². The summed E-state index contributed by atoms with van der Waals surface area (Å²) in [5, 5.41) is 13.0. The molecule has 0 bridgehead atoms. The molecule has 1 saturated heterocycles. The van der Waals surface area contributed by atoms with Crippen molar-refractivity contribution in [2.45, 2.75) is 19.1 Å². The maximum atomic E-state index is 9.78. The van der Waals surface area contributed by atoms with Crippen LogP contribution in [-0.4, -0.2) is 43.6 Å². The predicted molar refractivity (Wildman–Crippen MR) is 73.0 cm³/mol. The Bertz CT molecular complexity index is 396. The number of aliphatic hydroxyl groups excluding tert-OH is 1. The van der Waals surface area contributed by atoms with Gasteiger partial charge in [0.15, 0.2) is 0 Å². The largest absolute Gasteiger partial charge is 0.490 e. The number of ether oxygens (including phenoxy) is 2. The summed E-state index contributed by atoms with van der Waals surface area (Å²) in [6.07, 6.45) is -0.515. The van der Waals surface area contributed by atoms with Crippen molar-refractivity contribution in [1.29, 1.82) is 0 Å². The zero-order valence-electron chi connectivity index (χ0n) is 10.4. The first-order chi connectivity index (χ1) is 8.65. The van der Waals surface area contributed by atoms with Gasteiger partial charge in [-0.2, -0.15) is 0 Å². The van der Waals surface area contributed by atoms with Crippen LogP contribution in [0.5, 0.6) is 5.75 Å². The first-order valence-corrected chi connectivity index (χ1v) is 6.82. The van der Waals surface area contributed by atoms with Crippen LogP contribution >= 0.6 is 15.9 Å². The molecule has 0 radical (unpaired) electrons. The van der Waals surface area contributed by atoms with Gasteiger partial charge in [0, 0.05) is 6.54 Å². The van der Waals surface area contributed by atoms with Crippen molar-refractivity contribution < 1.29 is 14.6 Å². The van der Waals surface area contributed by atoms with Crippen LogP contribution in [0.25, 0.3) is 0 Å². The lowest BCUT2D eigenvalue weighted by atomic mass is 10.2. The highest BCUT2D eigenvalue weighted by Gasteiger charge is 2.18. The summed E-state index contributed by atoms with van der Waals surface area (Å²) in [6.45, 7) is 4.29. The van der Waals surface area contributed by atoms with Gasteiger partial charge in [0.1, 0.15) is 18.5 Å². The van der Waals surface area contributed by atoms with Gasteiger partial charge in [0.2, 0.25) is 0 Å². The minimum atomic E-state index is -0.515. The summed E-state index contributed by atoms with van der Waals surface area (Å²) in [5.74, 6) is 0.756. The van der Waals surface area contributed by atoms with Crippen molar-refractivity contribution in [2.75, 3.05) is 26.4 Å². The molecule has 4 nitrogen and oxygen atoms in total. The van der Waals surface area contributed by atoms with Crippen molar-refractivity contribution in [3.63, 3.8) is 0 Å². The van der Waals surface area contributed by atoms with Crippen LogP contribution in [0.2, 0.25) is 0 Å². The highest BCUT2D eigenvalue weighted by Crippen LogP contribution is 2.25. The Morgan fingerprint density at radius 2 is 2.33 bits per heavy atom. The van der Waals surface area contributed by atoms with Crippen LogP contribution in [0.15, 0.2) is 22.7 Å². The SMILES string of the molecule is Cc1ccc(OCC(O)CNC2COC2)c(Br)c1. The molecule has 2 rings (SSSR count). The molecule has 1 heterocycles. The molecule has 0 spiro atoms. The van der Waals surface area contributed by atoms with Crippen molar-refractivity contribution in [3.05, 3.63) is 28.2 Å². The van der Waals surface area contributed by atoms with Gasteiger partial charge in [-0.25, -0.2) is 0 Å². The molecule has 0 amide bonds. The maximum absolute atomic E-state index is 9.78. The molecule has 0 aromatic heterocycles. The highest BCUT2D eigenvalue weighted by molar-refractivity contribution is 9.10. The standard InChI is InChI=1S/C13H18BrNO3/c1-9-2-3-13(12(14)4-9)18-8-11(16)5-15-10-6-17-7-10/h2-4,10-11,15-16H,5-8H2,1H3. The van der Waals surface area contributed by atoms with Crippen LogP contribution in [0.3, 0.4) is 0 Å². The zero-order valence-corrected chi connectivity index (χ0v) is 11.9. The number of benzene rings is 1. The number of halogens is 1. The van der Waals surface area contributed by atoms with Gasteiger partial charge in [-0.15, -0.1) is 0 Å². The lowest BCUT2D eigenvalue weighted by molar-refractivity contribution is -0.0118. The van der Waals surface area contributed by atoms with E-state index in [1.165, 1.54) is 5.56 Å². The molecule has 5 heteroatoms. The van der Waals surface area contributed by atoms with E-state index in [1.54, 1.807) is 0 Å². The number of aryl methyl sites for hydroxylation is 1. The van der Waals surface area contributed by atoms with E-state index in [0.717, 1.165) is 23.4 Å². The average Bonchev–Trinajstić information content (AvgIpc) is 2.25. The molecule has 100 valence electrons. The summed E-state index contributed by atoms with van der Waals surface area (Å²) < 4.78 is 11.5. The normalized spacial score (nSPS) is 17.3. The predicted octanol–water partition coefficient (Wildman–Crippen LogP) is 1.49. The molecule has 1 aliphatic rings. The van der Waals surface area contributed by atoms with Crippen LogP contribution in [0.4, 0.5) is 0 Å². The number of hydrogen-bond acceptors (Lipinski definition) is 4. The topological polar surface area (TPSA) is 50.7 Å². The van der Waals surface area contributed by atoms with E-state index in [0.29, 0.717) is 12.6 Å². The maximum Gasteiger partial charge on any atom is 0.133 e.